The molecule has 0 bridgehead atoms. The average Bonchev–Trinajstić information content (AvgIpc) is 2.69. The molecule has 2 aromatic rings. The summed E-state index contributed by atoms with van der Waals surface area (Å²) in [4.78, 5) is 26.4. The summed E-state index contributed by atoms with van der Waals surface area (Å²) < 4.78 is 1.54. The Balaban J connectivity index is 2.21. The van der Waals surface area contributed by atoms with E-state index < -0.39 is 5.97 Å². The van der Waals surface area contributed by atoms with Gasteiger partial charge in [0.1, 0.15) is 5.69 Å². The van der Waals surface area contributed by atoms with Crippen LogP contribution in [-0.2, 0) is 7.05 Å². The minimum atomic E-state index is -1.14. The molecule has 0 saturated carbocycles. The van der Waals surface area contributed by atoms with Crippen LogP contribution in [0.3, 0.4) is 0 Å². The molecular formula is C12H12N4O3. The number of nitrogens with one attached hydrogen (secondary N) is 1. The second-order valence-electron chi connectivity index (χ2n) is 3.99. The summed E-state index contributed by atoms with van der Waals surface area (Å²) in [5.41, 5.74) is 1.30. The van der Waals surface area contributed by atoms with E-state index in [2.05, 4.69) is 15.4 Å². The number of carbonyl (C=O) groups is 2. The Kier molecular flexibility index (Phi) is 3.28. The van der Waals surface area contributed by atoms with Crippen LogP contribution in [0.4, 0.5) is 5.69 Å². The molecule has 19 heavy (non-hydrogen) atoms. The Morgan fingerprint density at radius 1 is 1.42 bits per heavy atom. The lowest BCUT2D eigenvalue weighted by atomic mass is 10.2. The lowest BCUT2D eigenvalue weighted by Gasteiger charge is -2.04. The van der Waals surface area contributed by atoms with Crippen LogP contribution in [0.1, 0.15) is 26.5 Å². The van der Waals surface area contributed by atoms with Crippen LogP contribution in [0.2, 0.25) is 0 Å². The van der Waals surface area contributed by atoms with Gasteiger partial charge >= 0.3 is 5.97 Å². The molecule has 0 aliphatic heterocycles. The summed E-state index contributed by atoms with van der Waals surface area (Å²) in [5, 5.41) is 15.5. The number of aryl methyl sites for hydroxylation is 2. The van der Waals surface area contributed by atoms with E-state index in [9.17, 15) is 9.59 Å². The van der Waals surface area contributed by atoms with Gasteiger partial charge in [-0.2, -0.15) is 5.10 Å². The molecule has 0 aliphatic carbocycles. The SMILES string of the molecule is Cc1nn(C)cc1C(=O)Nc1ccnc(C(=O)O)c1. The second-order valence-corrected chi connectivity index (χ2v) is 3.99. The van der Waals surface area contributed by atoms with Crippen LogP contribution in [0.25, 0.3) is 0 Å². The van der Waals surface area contributed by atoms with Crippen LogP contribution in [-0.4, -0.2) is 31.7 Å². The van der Waals surface area contributed by atoms with E-state index in [1.54, 1.807) is 24.9 Å². The van der Waals surface area contributed by atoms with Gasteiger partial charge in [-0.15, -0.1) is 0 Å². The molecule has 2 aromatic heterocycles. The average molecular weight is 260 g/mol. The zero-order chi connectivity index (χ0) is 14.0. The van der Waals surface area contributed by atoms with Crippen LogP contribution in [0.5, 0.6) is 0 Å². The molecule has 1 amide bonds. The summed E-state index contributed by atoms with van der Waals surface area (Å²) in [6, 6.07) is 2.82. The van der Waals surface area contributed by atoms with Gasteiger partial charge < -0.3 is 10.4 Å². The molecule has 0 aromatic carbocycles. The topological polar surface area (TPSA) is 97.1 Å². The number of aromatic carboxylic acids is 1. The van der Waals surface area contributed by atoms with Crippen LogP contribution < -0.4 is 5.32 Å². The van der Waals surface area contributed by atoms with Crippen molar-refractivity contribution in [2.45, 2.75) is 6.92 Å². The number of carbonyl (C=O) groups excluding carboxylic acids is 1. The van der Waals surface area contributed by atoms with Gasteiger partial charge in [-0.25, -0.2) is 9.78 Å². The number of hydrogen-bond donors (Lipinski definition) is 2. The van der Waals surface area contributed by atoms with E-state index in [0.29, 0.717) is 16.9 Å². The first-order valence-corrected chi connectivity index (χ1v) is 5.48. The van der Waals surface area contributed by atoms with Gasteiger partial charge in [0.2, 0.25) is 0 Å². The molecule has 7 heteroatoms. The van der Waals surface area contributed by atoms with Crippen LogP contribution in [0, 0.1) is 6.92 Å². The summed E-state index contributed by atoms with van der Waals surface area (Å²) in [5.74, 6) is -1.48. The normalized spacial score (nSPS) is 10.2. The number of carboxylic acids is 1. The molecule has 2 N–H and O–H groups in total. The van der Waals surface area contributed by atoms with Gasteiger partial charge in [0.25, 0.3) is 5.91 Å². The van der Waals surface area contributed by atoms with Crippen LogP contribution >= 0.6 is 0 Å². The van der Waals surface area contributed by atoms with E-state index in [1.165, 1.54) is 18.3 Å². The molecule has 7 nitrogen and oxygen atoms in total. The fraction of sp³-hybridized carbons (Fsp3) is 0.167. The lowest BCUT2D eigenvalue weighted by Crippen LogP contribution is -2.13. The second kappa shape index (κ2) is 4.89. The highest BCUT2D eigenvalue weighted by Crippen LogP contribution is 2.12. The predicted octanol–water partition coefficient (Wildman–Crippen LogP) is 1.07. The van der Waals surface area contributed by atoms with E-state index in [-0.39, 0.29) is 11.6 Å². The van der Waals surface area contributed by atoms with Crippen molar-refractivity contribution in [3.8, 4) is 0 Å². The smallest absolute Gasteiger partial charge is 0.354 e. The highest BCUT2D eigenvalue weighted by molar-refractivity contribution is 6.05. The molecule has 2 heterocycles. The quantitative estimate of drug-likeness (QED) is 0.860. The number of aromatic nitrogens is 3. The molecular weight excluding hydrogens is 248 g/mol. The number of nitrogens with zero attached hydrogens (tertiary/aromatic N) is 3. The number of amides is 1. The van der Waals surface area contributed by atoms with E-state index in [1.807, 2.05) is 0 Å². The third-order valence-corrected chi connectivity index (χ3v) is 2.50. The van der Waals surface area contributed by atoms with Crippen molar-refractivity contribution in [3.63, 3.8) is 0 Å². The Morgan fingerprint density at radius 2 is 2.16 bits per heavy atom. The molecule has 2 rings (SSSR count). The van der Waals surface area contributed by atoms with Crippen molar-refractivity contribution in [1.82, 2.24) is 14.8 Å². The maximum atomic E-state index is 12.0. The molecule has 0 radical (unpaired) electrons. The summed E-state index contributed by atoms with van der Waals surface area (Å²) in [6.07, 6.45) is 2.93. The fourth-order valence-corrected chi connectivity index (χ4v) is 1.65. The molecule has 0 spiro atoms. The number of hydrogen-bond acceptors (Lipinski definition) is 4. The standard InChI is InChI=1S/C12H12N4O3/c1-7-9(6-16(2)15-7)11(17)14-8-3-4-13-10(5-8)12(18)19/h3-6H,1-2H3,(H,18,19)(H,13,14,17). The third kappa shape index (κ3) is 2.76. The highest BCUT2D eigenvalue weighted by atomic mass is 16.4. The zero-order valence-corrected chi connectivity index (χ0v) is 10.4. The Morgan fingerprint density at radius 3 is 2.74 bits per heavy atom. The first-order valence-electron chi connectivity index (χ1n) is 5.48. The Hall–Kier alpha value is -2.70. The number of carboxylic acid groups (broad SMARTS) is 1. The highest BCUT2D eigenvalue weighted by Gasteiger charge is 2.13. The molecule has 0 unspecified atom stereocenters. The van der Waals surface area contributed by atoms with Gasteiger partial charge in [-0.1, -0.05) is 0 Å². The first-order chi connectivity index (χ1) is 8.97. The zero-order valence-electron chi connectivity index (χ0n) is 10.4. The van der Waals surface area contributed by atoms with Gasteiger partial charge in [0, 0.05) is 25.1 Å². The maximum Gasteiger partial charge on any atom is 0.354 e. The van der Waals surface area contributed by atoms with Crippen molar-refractivity contribution >= 4 is 17.6 Å². The first kappa shape index (κ1) is 12.7. The van der Waals surface area contributed by atoms with E-state index in [4.69, 9.17) is 5.11 Å². The molecule has 0 atom stereocenters. The van der Waals surface area contributed by atoms with Gasteiger partial charge in [0.15, 0.2) is 0 Å². The van der Waals surface area contributed by atoms with Gasteiger partial charge in [-0.3, -0.25) is 9.48 Å². The fourth-order valence-electron chi connectivity index (χ4n) is 1.65. The van der Waals surface area contributed by atoms with Crippen molar-refractivity contribution in [1.29, 1.82) is 0 Å². The van der Waals surface area contributed by atoms with E-state index >= 15 is 0 Å². The predicted molar refractivity (Wildman–Crippen MR) is 67.1 cm³/mol. The van der Waals surface area contributed by atoms with Gasteiger partial charge in [0.05, 0.1) is 11.3 Å². The number of anilines is 1. The minimum absolute atomic E-state index is 0.124. The monoisotopic (exact) mass is 260 g/mol. The molecule has 0 aliphatic rings. The minimum Gasteiger partial charge on any atom is -0.477 e. The Bertz CT molecular complexity index is 648. The molecule has 0 saturated heterocycles. The van der Waals surface area contributed by atoms with Crippen molar-refractivity contribution in [2.75, 3.05) is 5.32 Å². The molecule has 0 fully saturated rings. The van der Waals surface area contributed by atoms with Crippen molar-refractivity contribution in [2.24, 2.45) is 7.05 Å². The van der Waals surface area contributed by atoms with Crippen LogP contribution in [0.15, 0.2) is 24.5 Å². The summed E-state index contributed by atoms with van der Waals surface area (Å²) >= 11 is 0. The Labute approximate surface area is 108 Å². The number of rotatable bonds is 3. The summed E-state index contributed by atoms with van der Waals surface area (Å²) in [7, 11) is 1.72. The van der Waals surface area contributed by atoms with Crippen molar-refractivity contribution < 1.29 is 14.7 Å². The summed E-state index contributed by atoms with van der Waals surface area (Å²) in [6.45, 7) is 1.73. The van der Waals surface area contributed by atoms with Crippen molar-refractivity contribution in [3.05, 3.63) is 41.5 Å². The van der Waals surface area contributed by atoms with E-state index in [0.717, 1.165) is 0 Å². The molecule has 98 valence electrons. The maximum absolute atomic E-state index is 12.0. The number of pyridine rings is 1. The largest absolute Gasteiger partial charge is 0.477 e. The van der Waals surface area contributed by atoms with Gasteiger partial charge in [-0.05, 0) is 19.1 Å². The lowest BCUT2D eigenvalue weighted by molar-refractivity contribution is 0.0690. The third-order valence-electron chi connectivity index (χ3n) is 2.50.